The molecule has 1 amide bonds. The summed E-state index contributed by atoms with van der Waals surface area (Å²) in [5, 5.41) is 7.18. The third-order valence-corrected chi connectivity index (χ3v) is 4.11. The van der Waals surface area contributed by atoms with Gasteiger partial charge in [0.15, 0.2) is 5.65 Å². The molecule has 2 heterocycles. The Hall–Kier alpha value is -2.61. The zero-order chi connectivity index (χ0) is 16.4. The van der Waals surface area contributed by atoms with Crippen molar-refractivity contribution in [1.29, 1.82) is 0 Å². The van der Waals surface area contributed by atoms with Crippen LogP contribution in [0.5, 0.6) is 0 Å². The number of carbonyl (C=O) groups excluding carboxylic acids is 1. The van der Waals surface area contributed by atoms with Crippen molar-refractivity contribution in [1.82, 2.24) is 19.3 Å². The Morgan fingerprint density at radius 1 is 1.39 bits per heavy atom. The maximum atomic E-state index is 12.3. The van der Waals surface area contributed by atoms with Gasteiger partial charge in [-0.2, -0.15) is 5.10 Å². The van der Waals surface area contributed by atoms with Gasteiger partial charge in [-0.05, 0) is 24.5 Å². The monoisotopic (exact) mass is 329 g/mol. The summed E-state index contributed by atoms with van der Waals surface area (Å²) >= 11 is 1.59. The van der Waals surface area contributed by atoms with Gasteiger partial charge in [0.2, 0.25) is 5.91 Å². The molecule has 0 aliphatic heterocycles. The van der Waals surface area contributed by atoms with Crippen LogP contribution < -0.4 is 10.9 Å². The van der Waals surface area contributed by atoms with Crippen LogP contribution in [0.2, 0.25) is 0 Å². The number of carbonyl (C=O) groups is 1. The van der Waals surface area contributed by atoms with Crippen LogP contribution in [0, 0.1) is 0 Å². The van der Waals surface area contributed by atoms with E-state index in [1.165, 1.54) is 21.8 Å². The zero-order valence-corrected chi connectivity index (χ0v) is 13.5. The highest BCUT2D eigenvalue weighted by Crippen LogP contribution is 2.18. The molecule has 1 N–H and O–H groups in total. The molecule has 1 aromatic carbocycles. The molecule has 3 aromatic rings. The molecule has 0 saturated heterocycles. The van der Waals surface area contributed by atoms with Crippen LogP contribution in [0.1, 0.15) is 0 Å². The predicted molar refractivity (Wildman–Crippen MR) is 89.6 cm³/mol. The molecule has 8 heteroatoms. The van der Waals surface area contributed by atoms with Gasteiger partial charge in [0.05, 0.1) is 6.20 Å². The van der Waals surface area contributed by atoms with E-state index >= 15 is 0 Å². The first-order valence-electron chi connectivity index (χ1n) is 6.89. The molecule has 3 rings (SSSR count). The number of nitrogens with zero attached hydrogens (tertiary/aromatic N) is 4. The van der Waals surface area contributed by atoms with Crippen molar-refractivity contribution < 1.29 is 4.79 Å². The van der Waals surface area contributed by atoms with Crippen molar-refractivity contribution in [2.24, 2.45) is 7.05 Å². The molecule has 0 radical (unpaired) electrons. The van der Waals surface area contributed by atoms with Gasteiger partial charge in [0, 0.05) is 17.6 Å². The second-order valence-electron chi connectivity index (χ2n) is 4.96. The molecule has 0 atom stereocenters. The van der Waals surface area contributed by atoms with Crippen LogP contribution in [-0.4, -0.2) is 31.5 Å². The molecule has 118 valence electrons. The number of anilines is 1. The van der Waals surface area contributed by atoms with Gasteiger partial charge < -0.3 is 5.32 Å². The van der Waals surface area contributed by atoms with Gasteiger partial charge in [0.25, 0.3) is 5.56 Å². The molecule has 0 bridgehead atoms. The summed E-state index contributed by atoms with van der Waals surface area (Å²) in [4.78, 5) is 29.7. The van der Waals surface area contributed by atoms with E-state index in [-0.39, 0.29) is 18.0 Å². The number of benzene rings is 1. The van der Waals surface area contributed by atoms with Gasteiger partial charge >= 0.3 is 0 Å². The van der Waals surface area contributed by atoms with Crippen LogP contribution in [0.15, 0.2) is 46.5 Å². The fraction of sp³-hybridized carbons (Fsp3) is 0.200. The first-order chi connectivity index (χ1) is 11.1. The van der Waals surface area contributed by atoms with E-state index in [9.17, 15) is 9.59 Å². The zero-order valence-electron chi connectivity index (χ0n) is 12.7. The number of aryl methyl sites for hydroxylation is 1. The van der Waals surface area contributed by atoms with Gasteiger partial charge in [0.1, 0.15) is 18.3 Å². The normalized spacial score (nSPS) is 10.9. The standard InChI is InChI=1S/C15H15N5O2S/c1-19-14-12(7-17-19)15(22)20(9-16-14)8-13(21)18-10-4-3-5-11(6-10)23-2/h3-7,9H,8H2,1-2H3,(H,18,21). The summed E-state index contributed by atoms with van der Waals surface area (Å²) in [7, 11) is 1.71. The molecule has 0 aliphatic carbocycles. The maximum Gasteiger partial charge on any atom is 0.264 e. The molecular weight excluding hydrogens is 314 g/mol. The fourth-order valence-electron chi connectivity index (χ4n) is 2.24. The molecular formula is C15H15N5O2S. The number of hydrogen-bond acceptors (Lipinski definition) is 5. The lowest BCUT2D eigenvalue weighted by Crippen LogP contribution is -2.27. The number of thioether (sulfide) groups is 1. The minimum atomic E-state index is -0.282. The second kappa shape index (κ2) is 6.25. The van der Waals surface area contributed by atoms with Gasteiger partial charge in [-0.1, -0.05) is 6.07 Å². The van der Waals surface area contributed by atoms with Crippen molar-refractivity contribution in [3.05, 3.63) is 47.1 Å². The SMILES string of the molecule is CSc1cccc(NC(=O)Cn2cnc3c(cnn3C)c2=O)c1. The largest absolute Gasteiger partial charge is 0.324 e. The van der Waals surface area contributed by atoms with Crippen LogP contribution in [-0.2, 0) is 18.4 Å². The number of amides is 1. The number of hydrogen-bond donors (Lipinski definition) is 1. The molecule has 0 unspecified atom stereocenters. The minimum absolute atomic E-state index is 0.0971. The summed E-state index contributed by atoms with van der Waals surface area (Å²) in [5.41, 5.74) is 0.917. The Morgan fingerprint density at radius 3 is 3.00 bits per heavy atom. The summed E-state index contributed by atoms with van der Waals surface area (Å²) in [5.74, 6) is -0.282. The highest BCUT2D eigenvalue weighted by atomic mass is 32.2. The Kier molecular flexibility index (Phi) is 4.16. The highest BCUT2D eigenvalue weighted by Gasteiger charge is 2.11. The maximum absolute atomic E-state index is 12.3. The molecule has 7 nitrogen and oxygen atoms in total. The topological polar surface area (TPSA) is 81.8 Å². The van der Waals surface area contributed by atoms with Crippen molar-refractivity contribution >= 4 is 34.4 Å². The van der Waals surface area contributed by atoms with E-state index < -0.39 is 0 Å². The average molecular weight is 329 g/mol. The quantitative estimate of drug-likeness (QED) is 0.733. The van der Waals surface area contributed by atoms with Crippen LogP contribution >= 0.6 is 11.8 Å². The first kappa shape index (κ1) is 15.3. The Bertz CT molecular complexity index is 931. The highest BCUT2D eigenvalue weighted by molar-refractivity contribution is 7.98. The van der Waals surface area contributed by atoms with E-state index in [0.717, 1.165) is 4.90 Å². The molecule has 2 aromatic heterocycles. The van der Waals surface area contributed by atoms with Gasteiger partial charge in [-0.3, -0.25) is 18.8 Å². The first-order valence-corrected chi connectivity index (χ1v) is 8.12. The van der Waals surface area contributed by atoms with Crippen molar-refractivity contribution in [3.8, 4) is 0 Å². The van der Waals surface area contributed by atoms with Crippen molar-refractivity contribution in [2.45, 2.75) is 11.4 Å². The molecule has 0 spiro atoms. The third kappa shape index (κ3) is 3.11. The Balaban J connectivity index is 1.80. The predicted octanol–water partition coefficient (Wildman–Crippen LogP) is 1.49. The lowest BCUT2D eigenvalue weighted by Gasteiger charge is -2.08. The number of rotatable bonds is 4. The number of fused-ring (bicyclic) bond motifs is 1. The summed E-state index contributed by atoms with van der Waals surface area (Å²) in [6, 6.07) is 7.53. The number of aromatic nitrogens is 4. The third-order valence-electron chi connectivity index (χ3n) is 3.39. The van der Waals surface area contributed by atoms with E-state index in [1.807, 2.05) is 30.5 Å². The lowest BCUT2D eigenvalue weighted by molar-refractivity contribution is -0.116. The van der Waals surface area contributed by atoms with Crippen LogP contribution in [0.25, 0.3) is 11.0 Å². The average Bonchev–Trinajstić information content (AvgIpc) is 2.92. The molecule has 0 fully saturated rings. The van der Waals surface area contributed by atoms with E-state index in [4.69, 9.17) is 0 Å². The van der Waals surface area contributed by atoms with Crippen molar-refractivity contribution in [2.75, 3.05) is 11.6 Å². The van der Waals surface area contributed by atoms with Crippen molar-refractivity contribution in [3.63, 3.8) is 0 Å². The van der Waals surface area contributed by atoms with Gasteiger partial charge in [-0.15, -0.1) is 11.8 Å². The fourth-order valence-corrected chi connectivity index (χ4v) is 2.69. The lowest BCUT2D eigenvalue weighted by atomic mass is 10.3. The molecule has 0 aliphatic rings. The Labute approximate surface area is 136 Å². The van der Waals surface area contributed by atoms with Crippen LogP contribution in [0.4, 0.5) is 5.69 Å². The van der Waals surface area contributed by atoms with E-state index in [2.05, 4.69) is 15.4 Å². The molecule has 23 heavy (non-hydrogen) atoms. The number of nitrogens with one attached hydrogen (secondary N) is 1. The minimum Gasteiger partial charge on any atom is -0.324 e. The van der Waals surface area contributed by atoms with E-state index in [0.29, 0.717) is 16.7 Å². The smallest absolute Gasteiger partial charge is 0.264 e. The van der Waals surface area contributed by atoms with E-state index in [1.54, 1.807) is 18.8 Å². The summed E-state index contributed by atoms with van der Waals surface area (Å²) in [6.07, 6.45) is 4.79. The second-order valence-corrected chi connectivity index (χ2v) is 5.84. The Morgan fingerprint density at radius 2 is 2.22 bits per heavy atom. The molecule has 0 saturated carbocycles. The summed E-state index contributed by atoms with van der Waals surface area (Å²) < 4.78 is 2.80. The van der Waals surface area contributed by atoms with Crippen LogP contribution in [0.3, 0.4) is 0 Å². The van der Waals surface area contributed by atoms with Gasteiger partial charge in [-0.25, -0.2) is 4.98 Å². The summed E-state index contributed by atoms with van der Waals surface area (Å²) in [6.45, 7) is -0.0971.